The van der Waals surface area contributed by atoms with Crippen LogP contribution in [0.15, 0.2) is 166 Å². The molecule has 0 N–H and O–H groups in total. The van der Waals surface area contributed by atoms with Crippen molar-refractivity contribution in [1.82, 2.24) is 20.4 Å². The Morgan fingerprint density at radius 3 is 1.12 bits per heavy atom. The van der Waals surface area contributed by atoms with Gasteiger partial charge in [0.25, 0.3) is 0 Å². The molecule has 0 unspecified atom stereocenters. The summed E-state index contributed by atoms with van der Waals surface area (Å²) in [7, 11) is 0. The number of halogens is 6. The van der Waals surface area contributed by atoms with Crippen molar-refractivity contribution in [3.63, 3.8) is 0 Å². The van der Waals surface area contributed by atoms with Crippen LogP contribution in [0.1, 0.15) is 22.3 Å². The number of fused-ring (bicyclic) bond motifs is 10. The van der Waals surface area contributed by atoms with Crippen LogP contribution < -0.4 is 9.47 Å². The summed E-state index contributed by atoms with van der Waals surface area (Å²) in [4.78, 5) is 0. The van der Waals surface area contributed by atoms with Gasteiger partial charge in [-0.05, 0) is 117 Å². The van der Waals surface area contributed by atoms with Crippen molar-refractivity contribution in [3.05, 3.63) is 180 Å². The van der Waals surface area contributed by atoms with Crippen molar-refractivity contribution in [2.75, 3.05) is 0 Å². The third kappa shape index (κ3) is 5.78. The van der Waals surface area contributed by atoms with E-state index in [1.807, 2.05) is 60.7 Å². The highest BCUT2D eigenvalue weighted by Gasteiger charge is 2.52. The van der Waals surface area contributed by atoms with Crippen LogP contribution >= 0.6 is 0 Å². The Morgan fingerprint density at radius 2 is 0.729 bits per heavy atom. The summed E-state index contributed by atoms with van der Waals surface area (Å²) in [6.45, 7) is 0. The Hall–Kier alpha value is -7.74. The number of hydrogen-bond donors (Lipinski definition) is 0. The smallest absolute Gasteiger partial charge is 0.344 e. The molecule has 0 aliphatic heterocycles. The van der Waals surface area contributed by atoms with Gasteiger partial charge in [-0.1, -0.05) is 60.7 Å². The van der Waals surface area contributed by atoms with E-state index in [-0.39, 0.29) is 35.1 Å². The van der Waals surface area contributed by atoms with Gasteiger partial charge in [-0.2, -0.15) is 26.3 Å². The SMILES string of the molecule is FC(F)=C(F)Oc1ccc(-c2nnc(-c3ccc4c(c3)C3(c5ccccc5-4)c4ccccc4-c4ccc(-c5nnc(-c6ccc(OC(F)=C(F)F)cc6)o5)cc43)o2)cc1. The summed E-state index contributed by atoms with van der Waals surface area (Å²) in [6.07, 6.45) is -5.13. The van der Waals surface area contributed by atoms with E-state index in [9.17, 15) is 26.3 Å². The Morgan fingerprint density at radius 1 is 0.390 bits per heavy atom. The van der Waals surface area contributed by atoms with Crippen molar-refractivity contribution in [2.45, 2.75) is 5.41 Å². The third-order valence-corrected chi connectivity index (χ3v) is 10.3. The predicted molar refractivity (Wildman–Crippen MR) is 202 cm³/mol. The van der Waals surface area contributed by atoms with Gasteiger partial charge in [-0.3, -0.25) is 0 Å². The molecule has 8 nitrogen and oxygen atoms in total. The summed E-state index contributed by atoms with van der Waals surface area (Å²) in [6, 6.07) is 35.7. The third-order valence-electron chi connectivity index (χ3n) is 10.3. The highest BCUT2D eigenvalue weighted by Crippen LogP contribution is 2.63. The molecule has 0 bridgehead atoms. The molecule has 6 aromatic carbocycles. The van der Waals surface area contributed by atoms with Gasteiger partial charge in [0.1, 0.15) is 11.5 Å². The van der Waals surface area contributed by atoms with Gasteiger partial charge in [-0.15, -0.1) is 20.4 Å². The van der Waals surface area contributed by atoms with E-state index in [0.717, 1.165) is 44.5 Å². The first-order valence-corrected chi connectivity index (χ1v) is 17.8. The Bertz CT molecular complexity index is 2820. The molecule has 0 atom stereocenters. The van der Waals surface area contributed by atoms with E-state index in [1.54, 1.807) is 0 Å². The van der Waals surface area contributed by atoms with Crippen LogP contribution in [0.5, 0.6) is 11.5 Å². The van der Waals surface area contributed by atoms with Crippen LogP contribution in [-0.2, 0) is 5.41 Å². The number of hydrogen-bond acceptors (Lipinski definition) is 8. The number of rotatable bonds is 8. The van der Waals surface area contributed by atoms with Gasteiger partial charge >= 0.3 is 24.2 Å². The fraction of sp³-hybridized carbons (Fsp3) is 0.0222. The summed E-state index contributed by atoms with van der Waals surface area (Å²) >= 11 is 0. The Labute approximate surface area is 329 Å². The summed E-state index contributed by atoms with van der Waals surface area (Å²) in [5, 5.41) is 17.1. The molecule has 0 saturated carbocycles. The highest BCUT2D eigenvalue weighted by molar-refractivity contribution is 5.96. The summed E-state index contributed by atoms with van der Waals surface area (Å²) in [5.74, 6) is 0.507. The fourth-order valence-corrected chi connectivity index (χ4v) is 7.93. The Balaban J connectivity index is 1.05. The zero-order valence-corrected chi connectivity index (χ0v) is 29.9. The van der Waals surface area contributed by atoms with Crippen LogP contribution in [0.4, 0.5) is 26.3 Å². The first-order chi connectivity index (χ1) is 28.7. The van der Waals surface area contributed by atoms with Crippen LogP contribution in [0.25, 0.3) is 68.1 Å². The molecule has 1 spiro atoms. The number of aromatic nitrogens is 4. The monoisotopic (exact) mass is 796 g/mol. The molecule has 0 radical (unpaired) electrons. The van der Waals surface area contributed by atoms with Crippen LogP contribution in [-0.4, -0.2) is 20.4 Å². The lowest BCUT2D eigenvalue weighted by Crippen LogP contribution is -2.26. The lowest BCUT2D eigenvalue weighted by atomic mass is 9.70. The average Bonchev–Trinajstić information content (AvgIpc) is 4.06. The molecule has 2 aliphatic carbocycles. The number of ether oxygens (including phenoxy) is 2. The van der Waals surface area contributed by atoms with Crippen LogP contribution in [0.2, 0.25) is 0 Å². The lowest BCUT2D eigenvalue weighted by molar-refractivity contribution is 0.241. The molecule has 59 heavy (non-hydrogen) atoms. The zero-order valence-electron chi connectivity index (χ0n) is 29.9. The second kappa shape index (κ2) is 13.7. The minimum Gasteiger partial charge on any atom is -0.428 e. The highest BCUT2D eigenvalue weighted by atomic mass is 19.3. The van der Waals surface area contributed by atoms with E-state index in [0.29, 0.717) is 22.3 Å². The van der Waals surface area contributed by atoms with E-state index in [4.69, 9.17) is 8.83 Å². The van der Waals surface area contributed by atoms with Gasteiger partial charge in [0, 0.05) is 22.3 Å². The molecule has 14 heteroatoms. The molecule has 0 fully saturated rings. The molecule has 2 heterocycles. The number of nitrogens with zero attached hydrogens (tertiary/aromatic N) is 4. The van der Waals surface area contributed by atoms with Gasteiger partial charge < -0.3 is 18.3 Å². The molecule has 288 valence electrons. The fourth-order valence-electron chi connectivity index (χ4n) is 7.93. The van der Waals surface area contributed by atoms with Crippen molar-refractivity contribution in [3.8, 4) is 79.6 Å². The van der Waals surface area contributed by atoms with E-state index < -0.39 is 29.6 Å². The van der Waals surface area contributed by atoms with Crippen molar-refractivity contribution >= 4 is 0 Å². The molecule has 8 aromatic rings. The van der Waals surface area contributed by atoms with Gasteiger partial charge in [0.2, 0.25) is 23.6 Å². The molecule has 10 rings (SSSR count). The minimum atomic E-state index is -2.57. The maximum Gasteiger partial charge on any atom is 0.344 e. The molecule has 0 saturated heterocycles. The molecular formula is C45H22F6N4O4. The average molecular weight is 797 g/mol. The second-order valence-electron chi connectivity index (χ2n) is 13.5. The maximum absolute atomic E-state index is 13.3. The maximum atomic E-state index is 13.3. The topological polar surface area (TPSA) is 96.3 Å². The van der Waals surface area contributed by atoms with E-state index in [2.05, 4.69) is 54.1 Å². The standard InChI is InChI=1S/C45H22F6N4O4/c46-37(47)39(50)56-27-15-9-23(10-16-27)41-52-54-43(58-41)25-13-19-31-29-5-1-3-7-33(29)45(35(31)21-25)34-8-4-2-6-30(34)32-20-14-26(22-36(32)45)44-55-53-42(59-44)24-11-17-28(18-12-24)57-40(51)38(48)49/h1-22H. The first kappa shape index (κ1) is 35.7. The summed E-state index contributed by atoms with van der Waals surface area (Å²) < 4.78 is 98.1. The van der Waals surface area contributed by atoms with E-state index in [1.165, 1.54) is 48.5 Å². The van der Waals surface area contributed by atoms with Crippen molar-refractivity contribution < 1.29 is 44.7 Å². The largest absolute Gasteiger partial charge is 0.428 e. The minimum absolute atomic E-state index is 0.133. The molecule has 2 aliphatic rings. The zero-order chi connectivity index (χ0) is 40.4. The Kier molecular flexibility index (Phi) is 8.30. The predicted octanol–water partition coefficient (Wildman–Crippen LogP) is 12.3. The van der Waals surface area contributed by atoms with Crippen molar-refractivity contribution in [2.24, 2.45) is 0 Å². The molecular weight excluding hydrogens is 775 g/mol. The second-order valence-corrected chi connectivity index (χ2v) is 13.5. The lowest BCUT2D eigenvalue weighted by Gasteiger charge is -2.30. The van der Waals surface area contributed by atoms with Gasteiger partial charge in [0.05, 0.1) is 5.41 Å². The van der Waals surface area contributed by atoms with Gasteiger partial charge in [0.15, 0.2) is 0 Å². The van der Waals surface area contributed by atoms with Crippen LogP contribution in [0.3, 0.4) is 0 Å². The quantitative estimate of drug-likeness (QED) is 0.111. The van der Waals surface area contributed by atoms with Crippen molar-refractivity contribution in [1.29, 1.82) is 0 Å². The van der Waals surface area contributed by atoms with Gasteiger partial charge in [-0.25, -0.2) is 0 Å². The van der Waals surface area contributed by atoms with Crippen LogP contribution in [0, 0.1) is 0 Å². The molecule has 2 aromatic heterocycles. The van der Waals surface area contributed by atoms with E-state index >= 15 is 0 Å². The normalized spacial score (nSPS) is 12.7. The number of benzene rings is 6. The molecule has 0 amide bonds. The summed E-state index contributed by atoms with van der Waals surface area (Å²) in [5.41, 5.74) is 9.62. The first-order valence-electron chi connectivity index (χ1n) is 17.8.